The first-order valence-corrected chi connectivity index (χ1v) is 16.5. The van der Waals surface area contributed by atoms with E-state index in [9.17, 15) is 13.2 Å². The zero-order valence-corrected chi connectivity index (χ0v) is 28.4. The Hall–Kier alpha value is -4.92. The molecule has 0 N–H and O–H groups in total. The molecule has 0 aromatic heterocycles. The Morgan fingerprint density at radius 3 is 1.35 bits per heavy atom. The monoisotopic (exact) mass is 743 g/mol. The summed E-state index contributed by atoms with van der Waals surface area (Å²) in [6.45, 7) is 0. The number of halogens is 4. The molecule has 0 radical (unpaired) electrons. The van der Waals surface area contributed by atoms with E-state index in [1.807, 2.05) is 54.6 Å². The van der Waals surface area contributed by atoms with Crippen LogP contribution in [0.1, 0.15) is 49.7 Å². The molecule has 0 aliphatic heterocycles. The summed E-state index contributed by atoms with van der Waals surface area (Å²) in [5.41, 5.74) is 1.87. The van der Waals surface area contributed by atoms with Crippen LogP contribution in [0.2, 0.25) is 0 Å². The van der Waals surface area contributed by atoms with Gasteiger partial charge in [-0.2, -0.15) is 0 Å². The van der Waals surface area contributed by atoms with Gasteiger partial charge in [-0.15, -0.1) is 0 Å². The Labute approximate surface area is 294 Å². The maximum absolute atomic E-state index is 13.2. The minimum atomic E-state index is -0.227. The van der Waals surface area contributed by atoms with E-state index in [4.69, 9.17) is 12.8 Å². The molecule has 6 rings (SSSR count). The molecule has 0 heterocycles. The van der Waals surface area contributed by atoms with Crippen molar-refractivity contribution >= 4 is 54.9 Å². The standard InChI is InChI=1S/C27H18F2.C10H6FI.C7H7/c28-26-14-12-22-16-20(8-10-24(22)18-26)6-4-2-1-3-5-7-21-9-11-25-19-27(29)15-13-23(25)17-21;11-9-3-1-8-6-10(12)4-2-7(8)5-9;1-3-5-7-6-4-2/h8-19H,1-3H2;1-6H;1H,5-7H2/q;;+1. The second kappa shape index (κ2) is 19.0. The second-order valence-corrected chi connectivity index (χ2v) is 12.0. The van der Waals surface area contributed by atoms with Gasteiger partial charge < -0.3 is 0 Å². The average Bonchev–Trinajstić information content (AvgIpc) is 3.09. The van der Waals surface area contributed by atoms with Crippen LogP contribution in [0.5, 0.6) is 0 Å². The molecule has 48 heavy (non-hydrogen) atoms. The van der Waals surface area contributed by atoms with Gasteiger partial charge in [-0.1, -0.05) is 60.1 Å². The van der Waals surface area contributed by atoms with Gasteiger partial charge in [0.05, 0.1) is 0 Å². The zero-order chi connectivity index (χ0) is 34.1. The summed E-state index contributed by atoms with van der Waals surface area (Å²) < 4.78 is 40.4. The summed E-state index contributed by atoms with van der Waals surface area (Å²) in [6, 6.07) is 31.9. The first-order valence-electron chi connectivity index (χ1n) is 15.4. The van der Waals surface area contributed by atoms with Crippen molar-refractivity contribution in [3.05, 3.63) is 148 Å². The molecule has 0 atom stereocenters. The van der Waals surface area contributed by atoms with Gasteiger partial charge in [-0.3, -0.25) is 0 Å². The fourth-order valence-corrected chi connectivity index (χ4v) is 5.16. The molecule has 0 aliphatic carbocycles. The van der Waals surface area contributed by atoms with Crippen LogP contribution in [0, 0.1) is 69.4 Å². The quantitative estimate of drug-likeness (QED) is 0.0730. The molecule has 0 aliphatic rings. The topological polar surface area (TPSA) is 0 Å². The van der Waals surface area contributed by atoms with Crippen molar-refractivity contribution in [3.63, 3.8) is 0 Å². The number of benzene rings is 6. The molecule has 0 unspecified atom stereocenters. The van der Waals surface area contributed by atoms with E-state index in [1.165, 1.54) is 33.9 Å². The summed E-state index contributed by atoms with van der Waals surface area (Å²) in [6.07, 6.45) is 16.2. The molecule has 0 bridgehead atoms. The van der Waals surface area contributed by atoms with Crippen LogP contribution in [0.4, 0.5) is 13.2 Å². The Kier molecular flexibility index (Phi) is 14.2. The summed E-state index contributed by atoms with van der Waals surface area (Å²) in [4.78, 5) is 0. The SMILES string of the molecule is Fc1ccc2cc(C#CCCCC#Cc3ccc4cc(F)ccc4c3)ccc2c1.Fc1ccc2cc(I)ccc2c1.[C+]#CCCCC#C. The van der Waals surface area contributed by atoms with E-state index in [1.54, 1.807) is 24.3 Å². The van der Waals surface area contributed by atoms with Crippen molar-refractivity contribution in [2.75, 3.05) is 0 Å². The summed E-state index contributed by atoms with van der Waals surface area (Å²) >= 11 is 2.24. The van der Waals surface area contributed by atoms with Gasteiger partial charge in [-0.25, -0.2) is 13.2 Å². The third-order valence-corrected chi connectivity index (χ3v) is 7.73. The van der Waals surface area contributed by atoms with Gasteiger partial charge >= 0.3 is 44.0 Å². The van der Waals surface area contributed by atoms with Gasteiger partial charge in [0.25, 0.3) is 0 Å². The van der Waals surface area contributed by atoms with Gasteiger partial charge in [0.2, 0.25) is 0 Å². The first kappa shape index (κ1) is 35.9. The third kappa shape index (κ3) is 11.7. The van der Waals surface area contributed by atoms with E-state index in [0.29, 0.717) is 6.42 Å². The average molecular weight is 744 g/mol. The van der Waals surface area contributed by atoms with Crippen LogP contribution < -0.4 is 0 Å². The molecule has 0 spiro atoms. The second-order valence-electron chi connectivity index (χ2n) is 10.7. The Bertz CT molecular complexity index is 2070. The molecule has 234 valence electrons. The molecule has 0 nitrogen and oxygen atoms in total. The van der Waals surface area contributed by atoms with E-state index in [-0.39, 0.29) is 17.5 Å². The molecular formula is C44H31F3I+. The first-order chi connectivity index (χ1) is 23.3. The summed E-state index contributed by atoms with van der Waals surface area (Å²) in [7, 11) is 0. The molecule has 0 amide bonds. The van der Waals surface area contributed by atoms with Crippen molar-refractivity contribution < 1.29 is 13.2 Å². The zero-order valence-electron chi connectivity index (χ0n) is 26.2. The van der Waals surface area contributed by atoms with E-state index >= 15 is 0 Å². The fraction of sp³-hybridized carbons (Fsp3) is 0.136. The number of terminal acetylenes is 1. The number of fused-ring (bicyclic) bond motifs is 3. The fourth-order valence-electron chi connectivity index (χ4n) is 4.65. The molecule has 0 saturated heterocycles. The normalized spacial score (nSPS) is 9.85. The van der Waals surface area contributed by atoms with Crippen molar-refractivity contribution in [1.82, 2.24) is 0 Å². The molecule has 6 aromatic rings. The predicted molar refractivity (Wildman–Crippen MR) is 202 cm³/mol. The van der Waals surface area contributed by atoms with Gasteiger partial charge in [0.1, 0.15) is 17.5 Å². The molecule has 4 heteroatoms. The molecular weight excluding hydrogens is 712 g/mol. The maximum atomic E-state index is 13.2. The van der Waals surface area contributed by atoms with Crippen LogP contribution in [-0.4, -0.2) is 0 Å². The predicted octanol–water partition coefficient (Wildman–Crippen LogP) is 11.8. The Morgan fingerprint density at radius 2 is 0.896 bits per heavy atom. The Morgan fingerprint density at radius 1 is 0.500 bits per heavy atom. The van der Waals surface area contributed by atoms with Crippen molar-refractivity contribution in [3.8, 4) is 41.9 Å². The van der Waals surface area contributed by atoms with Crippen molar-refractivity contribution in [2.24, 2.45) is 0 Å². The number of rotatable bonds is 4. The van der Waals surface area contributed by atoms with Gasteiger partial charge in [-0.05, 0) is 134 Å². The molecule has 0 saturated carbocycles. The van der Waals surface area contributed by atoms with E-state index in [2.05, 4.69) is 58.1 Å². The van der Waals surface area contributed by atoms with Crippen molar-refractivity contribution in [1.29, 1.82) is 0 Å². The van der Waals surface area contributed by atoms with Crippen LogP contribution in [0.25, 0.3) is 32.3 Å². The molecule has 0 fully saturated rings. The van der Waals surface area contributed by atoms with Gasteiger partial charge in [0.15, 0.2) is 0 Å². The van der Waals surface area contributed by atoms with Gasteiger partial charge in [0, 0.05) is 27.5 Å². The van der Waals surface area contributed by atoms with E-state index < -0.39 is 0 Å². The van der Waals surface area contributed by atoms with Crippen LogP contribution in [-0.2, 0) is 0 Å². The van der Waals surface area contributed by atoms with E-state index in [0.717, 1.165) is 75.5 Å². The summed E-state index contributed by atoms with van der Waals surface area (Å²) in [5, 5.41) is 5.78. The van der Waals surface area contributed by atoms with Crippen LogP contribution in [0.15, 0.2) is 109 Å². The number of hydrogen-bond donors (Lipinski definition) is 0. The number of hydrogen-bond acceptors (Lipinski definition) is 0. The van der Waals surface area contributed by atoms with Crippen molar-refractivity contribution in [2.45, 2.75) is 38.5 Å². The Balaban J connectivity index is 0.000000224. The summed E-state index contributed by atoms with van der Waals surface area (Å²) in [5.74, 6) is 16.8. The number of unbranched alkanes of at least 4 members (excludes halogenated alkanes) is 4. The minimum absolute atomic E-state index is 0.177. The molecule has 6 aromatic carbocycles. The van der Waals surface area contributed by atoms with Crippen LogP contribution in [0.3, 0.4) is 0 Å². The third-order valence-electron chi connectivity index (χ3n) is 7.06. The van der Waals surface area contributed by atoms with Crippen LogP contribution >= 0.6 is 22.6 Å².